The number of pyridine rings is 1. The smallest absolute Gasteiger partial charge is 0.119 e. The van der Waals surface area contributed by atoms with E-state index in [0.717, 1.165) is 5.75 Å². The van der Waals surface area contributed by atoms with Gasteiger partial charge in [0.05, 0.1) is 23.7 Å². The molecule has 0 radical (unpaired) electrons. The predicted octanol–water partition coefficient (Wildman–Crippen LogP) is 6.23. The topological polar surface area (TPSA) is 13.6 Å². The molecule has 2 heterocycles. The van der Waals surface area contributed by atoms with Crippen LogP contribution in [0.1, 0.15) is 5.56 Å². The molecule has 2 nitrogen and oxygen atoms in total. The number of aryl methyl sites for hydroxylation is 1. The van der Waals surface area contributed by atoms with Crippen LogP contribution in [-0.4, -0.2) is 11.5 Å². The monoisotopic (exact) mass is 337 g/mol. The summed E-state index contributed by atoms with van der Waals surface area (Å²) in [7, 11) is 1.71. The van der Waals surface area contributed by atoms with Gasteiger partial charge in [0.1, 0.15) is 5.75 Å². The Labute approximate surface area is 152 Å². The van der Waals surface area contributed by atoms with E-state index in [4.69, 9.17) is 4.74 Å². The van der Waals surface area contributed by atoms with Crippen LogP contribution in [0.25, 0.3) is 38.4 Å². The maximum absolute atomic E-state index is 5.46. The first kappa shape index (κ1) is 15.0. The molecule has 0 saturated carbocycles. The van der Waals surface area contributed by atoms with Crippen molar-refractivity contribution in [2.75, 3.05) is 7.11 Å². The Morgan fingerprint density at radius 3 is 2.38 bits per heavy atom. The van der Waals surface area contributed by atoms with Gasteiger partial charge in [-0.25, -0.2) is 0 Å². The molecule has 0 amide bonds. The van der Waals surface area contributed by atoms with Gasteiger partial charge in [-0.2, -0.15) is 0 Å². The lowest BCUT2D eigenvalue weighted by atomic mass is 10.0. The van der Waals surface area contributed by atoms with Crippen molar-refractivity contribution in [3.05, 3.63) is 84.4 Å². The van der Waals surface area contributed by atoms with Crippen molar-refractivity contribution in [2.45, 2.75) is 6.92 Å². The second-order valence-corrected chi connectivity index (χ2v) is 6.67. The van der Waals surface area contributed by atoms with Crippen LogP contribution in [-0.2, 0) is 0 Å². The third-order valence-electron chi connectivity index (χ3n) is 5.24. The molecule has 0 aliphatic heterocycles. The summed E-state index contributed by atoms with van der Waals surface area (Å²) >= 11 is 0. The highest BCUT2D eigenvalue weighted by Gasteiger charge is 2.16. The van der Waals surface area contributed by atoms with Gasteiger partial charge in [0.15, 0.2) is 0 Å². The zero-order chi connectivity index (χ0) is 17.7. The molecule has 0 saturated heterocycles. The van der Waals surface area contributed by atoms with E-state index in [9.17, 15) is 0 Å². The fourth-order valence-electron chi connectivity index (χ4n) is 4.02. The Kier molecular flexibility index (Phi) is 3.26. The molecular formula is C24H19NO. The van der Waals surface area contributed by atoms with Crippen molar-refractivity contribution in [3.8, 4) is 16.9 Å². The standard InChI is InChI=1S/C24H19NO/c1-16-20-11-4-6-13-23(20)25-22-12-5-3-8-18(22)15-21(24(16)25)17-9-7-10-19(14-17)26-2/h3-15H,1-2H3. The van der Waals surface area contributed by atoms with Crippen LogP contribution in [0.15, 0.2) is 78.9 Å². The van der Waals surface area contributed by atoms with Crippen molar-refractivity contribution in [1.29, 1.82) is 0 Å². The molecule has 0 spiro atoms. The van der Waals surface area contributed by atoms with Crippen molar-refractivity contribution < 1.29 is 4.74 Å². The first-order valence-corrected chi connectivity index (χ1v) is 8.84. The first-order valence-electron chi connectivity index (χ1n) is 8.84. The highest BCUT2D eigenvalue weighted by atomic mass is 16.5. The van der Waals surface area contributed by atoms with E-state index in [0.29, 0.717) is 0 Å². The van der Waals surface area contributed by atoms with Crippen molar-refractivity contribution >= 4 is 27.3 Å². The summed E-state index contributed by atoms with van der Waals surface area (Å²) in [4.78, 5) is 0. The highest BCUT2D eigenvalue weighted by Crippen LogP contribution is 2.37. The first-order chi connectivity index (χ1) is 12.8. The number of benzene rings is 3. The molecule has 0 aliphatic rings. The predicted molar refractivity (Wildman–Crippen MR) is 109 cm³/mol. The van der Waals surface area contributed by atoms with Gasteiger partial charge in [0.25, 0.3) is 0 Å². The molecule has 2 aromatic heterocycles. The van der Waals surface area contributed by atoms with Gasteiger partial charge in [-0.15, -0.1) is 0 Å². The summed E-state index contributed by atoms with van der Waals surface area (Å²) in [5.41, 5.74) is 7.46. The normalized spacial score (nSPS) is 11.5. The third-order valence-corrected chi connectivity index (χ3v) is 5.24. The summed E-state index contributed by atoms with van der Waals surface area (Å²) in [6.07, 6.45) is 0. The van der Waals surface area contributed by atoms with E-state index in [1.807, 2.05) is 6.07 Å². The number of hydrogen-bond donors (Lipinski definition) is 0. The molecule has 0 fully saturated rings. The van der Waals surface area contributed by atoms with Gasteiger partial charge in [0.2, 0.25) is 0 Å². The van der Waals surface area contributed by atoms with E-state index in [-0.39, 0.29) is 0 Å². The minimum Gasteiger partial charge on any atom is -0.497 e. The van der Waals surface area contributed by atoms with Gasteiger partial charge in [-0.1, -0.05) is 48.5 Å². The quantitative estimate of drug-likeness (QED) is 0.372. The van der Waals surface area contributed by atoms with Crippen LogP contribution in [0.3, 0.4) is 0 Å². The Balaban J connectivity index is 2.02. The van der Waals surface area contributed by atoms with Crippen LogP contribution in [0.4, 0.5) is 0 Å². The molecule has 0 unspecified atom stereocenters. The Morgan fingerprint density at radius 2 is 1.54 bits per heavy atom. The summed E-state index contributed by atoms with van der Waals surface area (Å²) in [5.74, 6) is 0.877. The van der Waals surface area contributed by atoms with E-state index in [1.54, 1.807) is 7.11 Å². The number of para-hydroxylation sites is 2. The number of nitrogens with zero attached hydrogens (tertiary/aromatic N) is 1. The molecule has 26 heavy (non-hydrogen) atoms. The van der Waals surface area contributed by atoms with E-state index >= 15 is 0 Å². The second kappa shape index (κ2) is 5.63. The molecule has 0 atom stereocenters. The summed E-state index contributed by atoms with van der Waals surface area (Å²) in [6, 6.07) is 27.8. The molecule has 0 aliphatic carbocycles. The Bertz CT molecular complexity index is 1280. The minimum absolute atomic E-state index is 0.877. The van der Waals surface area contributed by atoms with E-state index in [2.05, 4.69) is 84.1 Å². The number of rotatable bonds is 2. The molecule has 126 valence electrons. The average Bonchev–Trinajstić information content (AvgIpc) is 3.01. The number of ether oxygens (including phenoxy) is 1. The average molecular weight is 337 g/mol. The molecular weight excluding hydrogens is 318 g/mol. The van der Waals surface area contributed by atoms with Gasteiger partial charge in [0, 0.05) is 10.9 Å². The zero-order valence-corrected chi connectivity index (χ0v) is 14.9. The summed E-state index contributed by atoms with van der Waals surface area (Å²) in [6.45, 7) is 2.22. The van der Waals surface area contributed by atoms with Crippen molar-refractivity contribution in [2.24, 2.45) is 0 Å². The van der Waals surface area contributed by atoms with Crippen molar-refractivity contribution in [3.63, 3.8) is 0 Å². The fraction of sp³-hybridized carbons (Fsp3) is 0.0833. The molecule has 5 rings (SSSR count). The summed E-state index contributed by atoms with van der Waals surface area (Å²) in [5, 5.41) is 2.53. The number of hydrogen-bond acceptors (Lipinski definition) is 1. The van der Waals surface area contributed by atoms with Crippen LogP contribution in [0, 0.1) is 6.92 Å². The van der Waals surface area contributed by atoms with Crippen LogP contribution in [0.5, 0.6) is 5.75 Å². The van der Waals surface area contributed by atoms with Crippen LogP contribution < -0.4 is 4.74 Å². The fourth-order valence-corrected chi connectivity index (χ4v) is 4.02. The Hall–Kier alpha value is -3.26. The summed E-state index contributed by atoms with van der Waals surface area (Å²) < 4.78 is 7.86. The van der Waals surface area contributed by atoms with Gasteiger partial charge in [-0.05, 0) is 53.8 Å². The number of fused-ring (bicyclic) bond motifs is 5. The van der Waals surface area contributed by atoms with Gasteiger partial charge < -0.3 is 9.14 Å². The molecule has 0 bridgehead atoms. The van der Waals surface area contributed by atoms with Gasteiger partial charge in [-0.3, -0.25) is 0 Å². The SMILES string of the molecule is COc1cccc(-c2cc3ccccc3n3c2c(C)c2ccccc23)c1. The second-order valence-electron chi connectivity index (χ2n) is 6.67. The lowest BCUT2D eigenvalue weighted by Gasteiger charge is -2.12. The highest BCUT2D eigenvalue weighted by molar-refractivity contribution is 6.04. The molecule has 5 aromatic rings. The number of methoxy groups -OCH3 is 1. The maximum Gasteiger partial charge on any atom is 0.119 e. The molecule has 2 heteroatoms. The van der Waals surface area contributed by atoms with E-state index < -0.39 is 0 Å². The van der Waals surface area contributed by atoms with Gasteiger partial charge >= 0.3 is 0 Å². The van der Waals surface area contributed by atoms with E-state index in [1.165, 1.54) is 44.0 Å². The largest absolute Gasteiger partial charge is 0.497 e. The molecule has 0 N–H and O–H groups in total. The van der Waals surface area contributed by atoms with Crippen LogP contribution >= 0.6 is 0 Å². The Morgan fingerprint density at radius 1 is 0.769 bits per heavy atom. The lowest BCUT2D eigenvalue weighted by molar-refractivity contribution is 0.415. The van der Waals surface area contributed by atoms with Crippen molar-refractivity contribution in [1.82, 2.24) is 4.40 Å². The minimum atomic E-state index is 0.877. The number of aromatic nitrogens is 1. The molecule has 3 aromatic carbocycles. The third kappa shape index (κ3) is 2.05. The lowest BCUT2D eigenvalue weighted by Crippen LogP contribution is -1.92. The van der Waals surface area contributed by atoms with Crippen LogP contribution in [0.2, 0.25) is 0 Å². The maximum atomic E-state index is 5.46. The zero-order valence-electron chi connectivity index (χ0n) is 14.9.